The summed E-state index contributed by atoms with van der Waals surface area (Å²) in [5.74, 6) is 0.699. The third-order valence-electron chi connectivity index (χ3n) is 1.69. The Kier molecular flexibility index (Phi) is 4.33. The maximum absolute atomic E-state index is 10.9. The number of benzene rings is 1. The lowest BCUT2D eigenvalue weighted by atomic mass is 10.3. The van der Waals surface area contributed by atoms with Crippen molar-refractivity contribution >= 4 is 5.97 Å². The number of carbonyl (C=O) groups excluding carboxylic acids is 1. The fraction of sp³-hybridized carbons (Fsp3) is 0.154. The van der Waals surface area contributed by atoms with Crippen molar-refractivity contribution in [3.05, 3.63) is 49.1 Å². The number of hydrogen-bond acceptors (Lipinski definition) is 3. The van der Waals surface area contributed by atoms with Gasteiger partial charge in [0.05, 0.1) is 0 Å². The summed E-state index contributed by atoms with van der Waals surface area (Å²) in [4.78, 5) is 10.9. The highest BCUT2D eigenvalue weighted by Crippen LogP contribution is 2.18. The van der Waals surface area contributed by atoms with Gasteiger partial charge in [0.1, 0.15) is 18.1 Å². The van der Waals surface area contributed by atoms with Gasteiger partial charge in [-0.05, 0) is 36.8 Å². The zero-order chi connectivity index (χ0) is 12.0. The molecule has 16 heavy (non-hydrogen) atoms. The second kappa shape index (κ2) is 5.75. The van der Waals surface area contributed by atoms with E-state index in [0.717, 1.165) is 11.6 Å². The Morgan fingerprint density at radius 1 is 1.31 bits per heavy atom. The smallest absolute Gasteiger partial charge is 0.335 e. The molecule has 1 rings (SSSR count). The molecule has 0 aliphatic heterocycles. The molecule has 0 aromatic heterocycles. The molecule has 0 bridgehead atoms. The fourth-order valence-electron chi connectivity index (χ4n) is 0.968. The molecule has 1 aromatic rings. The zero-order valence-corrected chi connectivity index (χ0v) is 9.23. The van der Waals surface area contributed by atoms with Gasteiger partial charge in [-0.2, -0.15) is 0 Å². The molecule has 0 saturated heterocycles. The van der Waals surface area contributed by atoms with Gasteiger partial charge in [-0.25, -0.2) is 4.79 Å². The summed E-state index contributed by atoms with van der Waals surface area (Å²) in [5, 5.41) is 0. The molecule has 3 heteroatoms. The van der Waals surface area contributed by atoms with Crippen molar-refractivity contribution in [2.75, 3.05) is 6.61 Å². The van der Waals surface area contributed by atoms with Gasteiger partial charge in [-0.1, -0.05) is 13.2 Å². The van der Waals surface area contributed by atoms with E-state index in [4.69, 9.17) is 9.47 Å². The highest BCUT2D eigenvalue weighted by atomic mass is 16.5. The summed E-state index contributed by atoms with van der Waals surface area (Å²) in [6.07, 6.45) is 1.12. The van der Waals surface area contributed by atoms with Crippen LogP contribution in [-0.4, -0.2) is 12.6 Å². The molecule has 0 amide bonds. The summed E-state index contributed by atoms with van der Waals surface area (Å²) < 4.78 is 10.3. The predicted molar refractivity (Wildman–Crippen MR) is 62.6 cm³/mol. The molecule has 0 aliphatic rings. The molecule has 3 nitrogen and oxygen atoms in total. The summed E-state index contributed by atoms with van der Waals surface area (Å²) in [6.45, 7) is 9.41. The van der Waals surface area contributed by atoms with Crippen LogP contribution in [0.3, 0.4) is 0 Å². The molecule has 84 valence electrons. The highest BCUT2D eigenvalue weighted by Gasteiger charge is 2.00. The first-order valence-corrected chi connectivity index (χ1v) is 4.83. The van der Waals surface area contributed by atoms with E-state index < -0.39 is 5.97 Å². The van der Waals surface area contributed by atoms with Crippen molar-refractivity contribution < 1.29 is 14.3 Å². The maximum Gasteiger partial charge on any atom is 0.335 e. The molecule has 0 heterocycles. The molecule has 0 saturated carbocycles. The minimum atomic E-state index is -0.476. The topological polar surface area (TPSA) is 35.5 Å². The van der Waals surface area contributed by atoms with Crippen LogP contribution in [0.4, 0.5) is 0 Å². The maximum atomic E-state index is 10.9. The SMILES string of the molecule is C=CC(=O)Oc1ccc(OCC(=C)C)cc1. The molecule has 0 spiro atoms. The van der Waals surface area contributed by atoms with Crippen molar-refractivity contribution in [1.29, 1.82) is 0 Å². The van der Waals surface area contributed by atoms with Crippen LogP contribution in [0.15, 0.2) is 49.1 Å². The van der Waals surface area contributed by atoms with E-state index in [2.05, 4.69) is 13.2 Å². The first-order chi connectivity index (χ1) is 7.61. The summed E-state index contributed by atoms with van der Waals surface area (Å²) in [6, 6.07) is 6.79. The van der Waals surface area contributed by atoms with Crippen LogP contribution in [0, 0.1) is 0 Å². The first kappa shape index (κ1) is 12.0. The van der Waals surface area contributed by atoms with Crippen LogP contribution in [0.5, 0.6) is 11.5 Å². The highest BCUT2D eigenvalue weighted by molar-refractivity contribution is 5.83. The van der Waals surface area contributed by atoms with Crippen molar-refractivity contribution in [3.8, 4) is 11.5 Å². The van der Waals surface area contributed by atoms with Crippen LogP contribution in [-0.2, 0) is 4.79 Å². The van der Waals surface area contributed by atoms with E-state index in [9.17, 15) is 4.79 Å². The molecule has 0 N–H and O–H groups in total. The lowest BCUT2D eigenvalue weighted by Gasteiger charge is -2.06. The number of ether oxygens (including phenoxy) is 2. The Bertz CT molecular complexity index is 390. The molecular weight excluding hydrogens is 204 g/mol. The molecule has 1 aromatic carbocycles. The van der Waals surface area contributed by atoms with Gasteiger partial charge in [0, 0.05) is 6.08 Å². The fourth-order valence-corrected chi connectivity index (χ4v) is 0.968. The van der Waals surface area contributed by atoms with Crippen LogP contribution >= 0.6 is 0 Å². The van der Waals surface area contributed by atoms with Gasteiger partial charge in [0.2, 0.25) is 0 Å². The largest absolute Gasteiger partial charge is 0.489 e. The number of hydrogen-bond donors (Lipinski definition) is 0. The van der Waals surface area contributed by atoms with Gasteiger partial charge < -0.3 is 9.47 Å². The van der Waals surface area contributed by atoms with E-state index in [1.807, 2.05) is 6.92 Å². The Morgan fingerprint density at radius 3 is 2.38 bits per heavy atom. The van der Waals surface area contributed by atoms with E-state index in [1.165, 1.54) is 0 Å². The molecule has 0 atom stereocenters. The van der Waals surface area contributed by atoms with Gasteiger partial charge in [0.15, 0.2) is 0 Å². The predicted octanol–water partition coefficient (Wildman–Crippen LogP) is 2.73. The normalized spacial score (nSPS) is 9.31. The third kappa shape index (κ3) is 4.00. The van der Waals surface area contributed by atoms with Crippen molar-refractivity contribution in [2.45, 2.75) is 6.92 Å². The molecule has 0 aliphatic carbocycles. The van der Waals surface area contributed by atoms with Crippen LogP contribution in [0.1, 0.15) is 6.92 Å². The first-order valence-electron chi connectivity index (χ1n) is 4.83. The Hall–Kier alpha value is -2.03. The summed E-state index contributed by atoms with van der Waals surface area (Å²) in [7, 11) is 0. The number of carbonyl (C=O) groups is 1. The minimum Gasteiger partial charge on any atom is -0.489 e. The van der Waals surface area contributed by atoms with Gasteiger partial charge in [-0.3, -0.25) is 0 Å². The van der Waals surface area contributed by atoms with Crippen LogP contribution in [0.2, 0.25) is 0 Å². The minimum absolute atomic E-state index is 0.465. The zero-order valence-electron chi connectivity index (χ0n) is 9.23. The van der Waals surface area contributed by atoms with Crippen LogP contribution in [0.25, 0.3) is 0 Å². The second-order valence-electron chi connectivity index (χ2n) is 3.34. The average Bonchev–Trinajstić information content (AvgIpc) is 2.28. The van der Waals surface area contributed by atoms with Crippen molar-refractivity contribution in [2.24, 2.45) is 0 Å². The standard InChI is InChI=1S/C13H14O3/c1-4-13(14)16-12-7-5-11(6-8-12)15-9-10(2)3/h4-8H,1-2,9H2,3H3. The lowest BCUT2D eigenvalue weighted by Crippen LogP contribution is -2.03. The summed E-state index contributed by atoms with van der Waals surface area (Å²) >= 11 is 0. The monoisotopic (exact) mass is 218 g/mol. The van der Waals surface area contributed by atoms with E-state index in [0.29, 0.717) is 18.1 Å². The Morgan fingerprint density at radius 2 is 1.88 bits per heavy atom. The summed E-state index contributed by atoms with van der Waals surface area (Å²) in [5.41, 5.74) is 0.946. The van der Waals surface area contributed by atoms with Crippen molar-refractivity contribution in [3.63, 3.8) is 0 Å². The third-order valence-corrected chi connectivity index (χ3v) is 1.69. The molecular formula is C13H14O3. The number of esters is 1. The lowest BCUT2D eigenvalue weighted by molar-refractivity contribution is -0.128. The Labute approximate surface area is 95.0 Å². The average molecular weight is 218 g/mol. The van der Waals surface area contributed by atoms with Gasteiger partial charge >= 0.3 is 5.97 Å². The quantitative estimate of drug-likeness (QED) is 0.330. The van der Waals surface area contributed by atoms with Crippen LogP contribution < -0.4 is 9.47 Å². The van der Waals surface area contributed by atoms with E-state index in [-0.39, 0.29) is 0 Å². The van der Waals surface area contributed by atoms with E-state index in [1.54, 1.807) is 24.3 Å². The molecule has 0 radical (unpaired) electrons. The Balaban J connectivity index is 2.57. The van der Waals surface area contributed by atoms with Gasteiger partial charge in [0.25, 0.3) is 0 Å². The second-order valence-corrected chi connectivity index (χ2v) is 3.34. The van der Waals surface area contributed by atoms with E-state index >= 15 is 0 Å². The van der Waals surface area contributed by atoms with Gasteiger partial charge in [-0.15, -0.1) is 0 Å². The molecule has 0 unspecified atom stereocenters. The molecule has 0 fully saturated rings. The van der Waals surface area contributed by atoms with Crippen molar-refractivity contribution in [1.82, 2.24) is 0 Å². The number of rotatable bonds is 5.